The third-order valence-corrected chi connectivity index (χ3v) is 2.94. The fraction of sp³-hybridized carbons (Fsp3) is 0.786. The molecule has 0 aromatic rings. The Morgan fingerprint density at radius 3 is 2.10 bits per heavy atom. The van der Waals surface area contributed by atoms with E-state index in [0.29, 0.717) is 18.9 Å². The Kier molecular flexibility index (Phi) is 8.59. The molecule has 0 aliphatic heterocycles. The number of hydrogen-bond donors (Lipinski definition) is 3. The van der Waals surface area contributed by atoms with Crippen LogP contribution < -0.4 is 16.0 Å². The molecule has 20 heavy (non-hydrogen) atoms. The molecule has 3 N–H and O–H groups in total. The predicted octanol–water partition coefficient (Wildman–Crippen LogP) is 0.426. The fourth-order valence-electron chi connectivity index (χ4n) is 1.90. The minimum absolute atomic E-state index is 0.141. The average molecular weight is 285 g/mol. The van der Waals surface area contributed by atoms with E-state index >= 15 is 0 Å². The van der Waals surface area contributed by atoms with Gasteiger partial charge >= 0.3 is 0 Å². The number of hydrogen-bond acceptors (Lipinski definition) is 3. The summed E-state index contributed by atoms with van der Waals surface area (Å²) in [5.41, 5.74) is 0. The normalized spacial score (nSPS) is 13.5. The molecule has 0 fully saturated rings. The summed E-state index contributed by atoms with van der Waals surface area (Å²) in [6, 6.07) is -0.596. The summed E-state index contributed by atoms with van der Waals surface area (Å²) in [6.07, 6.45) is 0.754. The summed E-state index contributed by atoms with van der Waals surface area (Å²) in [4.78, 5) is 35.2. The van der Waals surface area contributed by atoms with Gasteiger partial charge < -0.3 is 16.0 Å². The third kappa shape index (κ3) is 7.11. The van der Waals surface area contributed by atoms with Crippen LogP contribution in [0.25, 0.3) is 0 Å². The molecule has 3 amide bonds. The first kappa shape index (κ1) is 18.4. The maximum Gasteiger partial charge on any atom is 0.242 e. The molecular weight excluding hydrogens is 258 g/mol. The molecule has 116 valence electrons. The van der Waals surface area contributed by atoms with Gasteiger partial charge in [-0.15, -0.1) is 0 Å². The summed E-state index contributed by atoms with van der Waals surface area (Å²) in [5, 5.41) is 7.84. The van der Waals surface area contributed by atoms with Crippen LogP contribution in [0, 0.1) is 11.8 Å². The van der Waals surface area contributed by atoms with Gasteiger partial charge in [-0.2, -0.15) is 0 Å². The third-order valence-electron chi connectivity index (χ3n) is 2.94. The Morgan fingerprint density at radius 2 is 1.65 bits per heavy atom. The van der Waals surface area contributed by atoms with Crippen LogP contribution in [0.4, 0.5) is 0 Å². The second-order valence-electron chi connectivity index (χ2n) is 5.33. The van der Waals surface area contributed by atoms with E-state index in [0.717, 1.165) is 0 Å². The van der Waals surface area contributed by atoms with E-state index in [9.17, 15) is 14.4 Å². The highest BCUT2D eigenvalue weighted by molar-refractivity contribution is 5.90. The zero-order valence-corrected chi connectivity index (χ0v) is 13.1. The molecule has 2 atom stereocenters. The van der Waals surface area contributed by atoms with Crippen molar-refractivity contribution in [1.29, 1.82) is 0 Å². The van der Waals surface area contributed by atoms with E-state index in [1.165, 1.54) is 0 Å². The molecule has 0 saturated carbocycles. The largest absolute Gasteiger partial charge is 0.359 e. The molecule has 6 heteroatoms. The molecule has 0 aliphatic carbocycles. The highest BCUT2D eigenvalue weighted by Gasteiger charge is 2.25. The summed E-state index contributed by atoms with van der Waals surface area (Å²) in [6.45, 7) is 7.97. The number of nitrogens with one attached hydrogen (secondary N) is 3. The maximum atomic E-state index is 12.2. The van der Waals surface area contributed by atoms with Crippen molar-refractivity contribution in [3.63, 3.8) is 0 Å². The standard InChI is InChI=1S/C14H27N3O3/c1-6-16-13(19)10(4)17-14(20)11(7-9(2)3)8-12(18)15-5/h9-11H,6-8H2,1-5H3,(H,15,18)(H,16,19)(H,17,20)/t10-,11?/m0/s1. The number of carbonyl (C=O) groups excluding carboxylic acids is 3. The maximum absolute atomic E-state index is 12.2. The van der Waals surface area contributed by atoms with Crippen LogP contribution in [-0.2, 0) is 14.4 Å². The Balaban J connectivity index is 4.61. The van der Waals surface area contributed by atoms with Crippen molar-refractivity contribution in [2.75, 3.05) is 13.6 Å². The van der Waals surface area contributed by atoms with Gasteiger partial charge in [-0.1, -0.05) is 13.8 Å². The van der Waals surface area contributed by atoms with Crippen LogP contribution in [0.3, 0.4) is 0 Å². The molecule has 0 aliphatic rings. The molecule has 0 aromatic heterocycles. The molecule has 6 nitrogen and oxygen atoms in total. The van der Waals surface area contributed by atoms with Gasteiger partial charge in [-0.3, -0.25) is 14.4 Å². The molecule has 0 aromatic carbocycles. The number of carbonyl (C=O) groups is 3. The van der Waals surface area contributed by atoms with Crippen molar-refractivity contribution in [2.24, 2.45) is 11.8 Å². The quantitative estimate of drug-likeness (QED) is 0.604. The van der Waals surface area contributed by atoms with Gasteiger partial charge in [0.25, 0.3) is 0 Å². The lowest BCUT2D eigenvalue weighted by molar-refractivity contribution is -0.133. The first-order valence-electron chi connectivity index (χ1n) is 7.10. The van der Waals surface area contributed by atoms with E-state index in [4.69, 9.17) is 0 Å². The summed E-state index contributed by atoms with van der Waals surface area (Å²) in [7, 11) is 1.55. The zero-order chi connectivity index (χ0) is 15.7. The van der Waals surface area contributed by atoms with Crippen LogP contribution in [0.15, 0.2) is 0 Å². The summed E-state index contributed by atoms with van der Waals surface area (Å²) >= 11 is 0. The number of rotatable bonds is 8. The van der Waals surface area contributed by atoms with E-state index in [-0.39, 0.29) is 24.1 Å². The second-order valence-corrected chi connectivity index (χ2v) is 5.33. The smallest absolute Gasteiger partial charge is 0.242 e. The van der Waals surface area contributed by atoms with Crippen LogP contribution in [0.1, 0.15) is 40.5 Å². The number of amides is 3. The van der Waals surface area contributed by atoms with Gasteiger partial charge in [0.05, 0.1) is 0 Å². The van der Waals surface area contributed by atoms with Crippen molar-refractivity contribution in [3.05, 3.63) is 0 Å². The molecule has 0 spiro atoms. The van der Waals surface area contributed by atoms with Crippen molar-refractivity contribution in [2.45, 2.75) is 46.6 Å². The molecule has 0 bridgehead atoms. The summed E-state index contributed by atoms with van der Waals surface area (Å²) < 4.78 is 0. The first-order valence-corrected chi connectivity index (χ1v) is 7.10. The Labute approximate surface area is 121 Å². The molecular formula is C14H27N3O3. The topological polar surface area (TPSA) is 87.3 Å². The van der Waals surface area contributed by atoms with E-state index < -0.39 is 12.0 Å². The molecule has 0 saturated heterocycles. The Hall–Kier alpha value is -1.59. The van der Waals surface area contributed by atoms with Gasteiger partial charge in [-0.25, -0.2) is 0 Å². The highest BCUT2D eigenvalue weighted by Crippen LogP contribution is 2.16. The Morgan fingerprint density at radius 1 is 1.05 bits per heavy atom. The van der Waals surface area contributed by atoms with Crippen molar-refractivity contribution >= 4 is 17.7 Å². The van der Waals surface area contributed by atoms with Gasteiger partial charge in [0.15, 0.2) is 0 Å². The van der Waals surface area contributed by atoms with Crippen LogP contribution >= 0.6 is 0 Å². The van der Waals surface area contributed by atoms with E-state index in [1.54, 1.807) is 14.0 Å². The van der Waals surface area contributed by atoms with Gasteiger partial charge in [0.1, 0.15) is 6.04 Å². The van der Waals surface area contributed by atoms with Gasteiger partial charge in [-0.05, 0) is 26.2 Å². The first-order chi connectivity index (χ1) is 9.31. The number of likely N-dealkylation sites (N-methyl/N-ethyl adjacent to an activating group) is 1. The van der Waals surface area contributed by atoms with Crippen LogP contribution in [0.5, 0.6) is 0 Å². The fourth-order valence-corrected chi connectivity index (χ4v) is 1.90. The lowest BCUT2D eigenvalue weighted by Gasteiger charge is -2.20. The minimum Gasteiger partial charge on any atom is -0.359 e. The lowest BCUT2D eigenvalue weighted by Crippen LogP contribution is -2.47. The second kappa shape index (κ2) is 9.34. The molecule has 0 rings (SSSR count). The SMILES string of the molecule is CCNC(=O)[C@H](C)NC(=O)C(CC(=O)NC)CC(C)C. The van der Waals surface area contributed by atoms with Crippen LogP contribution in [-0.4, -0.2) is 37.4 Å². The zero-order valence-electron chi connectivity index (χ0n) is 13.1. The minimum atomic E-state index is -0.596. The monoisotopic (exact) mass is 285 g/mol. The van der Waals surface area contributed by atoms with E-state index in [1.807, 2.05) is 20.8 Å². The van der Waals surface area contributed by atoms with Gasteiger partial charge in [0, 0.05) is 25.9 Å². The predicted molar refractivity (Wildman–Crippen MR) is 77.9 cm³/mol. The highest BCUT2D eigenvalue weighted by atomic mass is 16.2. The Bertz CT molecular complexity index is 343. The van der Waals surface area contributed by atoms with E-state index in [2.05, 4.69) is 16.0 Å². The van der Waals surface area contributed by atoms with Crippen molar-refractivity contribution in [1.82, 2.24) is 16.0 Å². The van der Waals surface area contributed by atoms with Gasteiger partial charge in [0.2, 0.25) is 17.7 Å². The summed E-state index contributed by atoms with van der Waals surface area (Å²) in [5.74, 6) is -0.747. The molecule has 0 radical (unpaired) electrons. The lowest BCUT2D eigenvalue weighted by atomic mass is 9.92. The van der Waals surface area contributed by atoms with Crippen LogP contribution in [0.2, 0.25) is 0 Å². The van der Waals surface area contributed by atoms with Crippen molar-refractivity contribution < 1.29 is 14.4 Å². The molecule has 1 unspecified atom stereocenters. The molecule has 0 heterocycles. The van der Waals surface area contributed by atoms with Crippen molar-refractivity contribution in [3.8, 4) is 0 Å². The average Bonchev–Trinajstić information content (AvgIpc) is 2.37.